The summed E-state index contributed by atoms with van der Waals surface area (Å²) in [4.78, 5) is 16.8. The normalized spacial score (nSPS) is 21.4. The van der Waals surface area contributed by atoms with Gasteiger partial charge in [-0.05, 0) is 30.9 Å². The molecule has 1 saturated carbocycles. The van der Waals surface area contributed by atoms with Crippen LogP contribution in [0.4, 0.5) is 0 Å². The fourth-order valence-electron chi connectivity index (χ4n) is 3.45. The second-order valence-electron chi connectivity index (χ2n) is 6.49. The number of hydrogen-bond acceptors (Lipinski definition) is 4. The number of benzene rings is 1. The highest BCUT2D eigenvalue weighted by atomic mass is 32.2. The van der Waals surface area contributed by atoms with Crippen molar-refractivity contribution in [1.82, 2.24) is 24.9 Å². The number of aromatic nitrogens is 4. The van der Waals surface area contributed by atoms with Crippen molar-refractivity contribution in [3.63, 3.8) is 0 Å². The maximum Gasteiger partial charge on any atom is 0.231 e. The van der Waals surface area contributed by atoms with Gasteiger partial charge in [0, 0.05) is 6.04 Å². The van der Waals surface area contributed by atoms with Crippen LogP contribution in [0.5, 0.6) is 0 Å². The van der Waals surface area contributed by atoms with Crippen LogP contribution in [0, 0.1) is 5.92 Å². The van der Waals surface area contributed by atoms with Crippen LogP contribution in [-0.2, 0) is 4.79 Å². The predicted molar refractivity (Wildman–Crippen MR) is 95.1 cm³/mol. The number of H-pyrrole nitrogens is 1. The first-order valence-corrected chi connectivity index (χ1v) is 9.44. The van der Waals surface area contributed by atoms with Crippen LogP contribution in [0.1, 0.15) is 32.6 Å². The Morgan fingerprint density at radius 1 is 1.38 bits per heavy atom. The number of amides is 1. The Morgan fingerprint density at radius 2 is 2.21 bits per heavy atom. The zero-order valence-electron chi connectivity index (χ0n) is 13.7. The Kier molecular flexibility index (Phi) is 4.18. The molecule has 3 aromatic rings. The van der Waals surface area contributed by atoms with Crippen molar-refractivity contribution < 1.29 is 4.79 Å². The van der Waals surface area contributed by atoms with Crippen molar-refractivity contribution in [3.05, 3.63) is 24.3 Å². The number of nitrogens with zero attached hydrogens (tertiary/aromatic N) is 3. The largest absolute Gasteiger partial charge is 0.352 e. The van der Waals surface area contributed by atoms with Crippen LogP contribution in [0.3, 0.4) is 0 Å². The topological polar surface area (TPSA) is 75.1 Å². The van der Waals surface area contributed by atoms with Crippen LogP contribution in [0.2, 0.25) is 0 Å². The van der Waals surface area contributed by atoms with E-state index in [-0.39, 0.29) is 5.91 Å². The summed E-state index contributed by atoms with van der Waals surface area (Å²) in [5, 5.41) is 11.2. The van der Waals surface area contributed by atoms with Crippen LogP contribution in [-0.4, -0.2) is 37.3 Å². The standard InChI is InChI=1S/C17H21N5OS/c1-11-6-2-3-7-12(11)18-15(23)10-24-17-21-20-16-19-13-8-4-5-9-14(13)22(16)17/h4-5,8-9,11-12H,2-3,6-7,10H2,1H3,(H,18,23)(H,19,20). The fraction of sp³-hybridized carbons (Fsp3) is 0.471. The molecule has 2 atom stereocenters. The van der Waals surface area contributed by atoms with Gasteiger partial charge in [-0.25, -0.2) is 10.1 Å². The van der Waals surface area contributed by atoms with E-state index in [2.05, 4.69) is 27.4 Å². The number of carbonyl (C=O) groups excluding carboxylic acids is 1. The van der Waals surface area contributed by atoms with E-state index >= 15 is 0 Å². The van der Waals surface area contributed by atoms with E-state index in [0.29, 0.717) is 23.5 Å². The number of aromatic amines is 1. The van der Waals surface area contributed by atoms with Crippen LogP contribution in [0.15, 0.2) is 29.4 Å². The lowest BCUT2D eigenvalue weighted by atomic mass is 9.86. The summed E-state index contributed by atoms with van der Waals surface area (Å²) in [5.74, 6) is 1.73. The zero-order valence-corrected chi connectivity index (χ0v) is 14.5. The molecule has 4 rings (SSSR count). The average molecular weight is 343 g/mol. The van der Waals surface area contributed by atoms with Crippen molar-refractivity contribution in [3.8, 4) is 0 Å². The molecular weight excluding hydrogens is 322 g/mol. The maximum absolute atomic E-state index is 12.3. The van der Waals surface area contributed by atoms with Gasteiger partial charge >= 0.3 is 0 Å². The minimum absolute atomic E-state index is 0.0827. The molecule has 6 nitrogen and oxygen atoms in total. The van der Waals surface area contributed by atoms with E-state index in [1.807, 2.05) is 28.7 Å². The maximum atomic E-state index is 12.3. The van der Waals surface area contributed by atoms with E-state index in [1.165, 1.54) is 31.0 Å². The average Bonchev–Trinajstić information content (AvgIpc) is 3.14. The Labute approximate surface area is 144 Å². The second-order valence-corrected chi connectivity index (χ2v) is 7.43. The Bertz CT molecular complexity index is 870. The number of thioether (sulfide) groups is 1. The summed E-state index contributed by atoms with van der Waals surface area (Å²) in [5.41, 5.74) is 1.93. The number of imidazole rings is 1. The molecule has 1 fully saturated rings. The minimum atomic E-state index is 0.0827. The number of carbonyl (C=O) groups is 1. The van der Waals surface area contributed by atoms with Gasteiger partial charge in [0.15, 0.2) is 5.16 Å². The third kappa shape index (κ3) is 2.88. The molecule has 0 aliphatic heterocycles. The van der Waals surface area contributed by atoms with Gasteiger partial charge in [-0.2, -0.15) is 0 Å². The first-order chi connectivity index (χ1) is 11.7. The molecule has 0 spiro atoms. The van der Waals surface area contributed by atoms with Crippen LogP contribution >= 0.6 is 11.8 Å². The molecule has 1 aromatic carbocycles. The lowest BCUT2D eigenvalue weighted by Gasteiger charge is -2.29. The zero-order chi connectivity index (χ0) is 16.5. The van der Waals surface area contributed by atoms with Crippen molar-refractivity contribution >= 4 is 34.5 Å². The quantitative estimate of drug-likeness (QED) is 0.714. The van der Waals surface area contributed by atoms with Gasteiger partial charge < -0.3 is 5.32 Å². The molecule has 2 N–H and O–H groups in total. The minimum Gasteiger partial charge on any atom is -0.352 e. The van der Waals surface area contributed by atoms with E-state index in [9.17, 15) is 4.79 Å². The summed E-state index contributed by atoms with van der Waals surface area (Å²) in [6.45, 7) is 2.23. The lowest BCUT2D eigenvalue weighted by Crippen LogP contribution is -2.41. The number of fused-ring (bicyclic) bond motifs is 3. The first kappa shape index (κ1) is 15.5. The summed E-state index contributed by atoms with van der Waals surface area (Å²) >= 11 is 1.44. The number of rotatable bonds is 4. The van der Waals surface area contributed by atoms with Gasteiger partial charge in [0.05, 0.1) is 16.8 Å². The predicted octanol–water partition coefficient (Wildman–Crippen LogP) is 3.00. The Hall–Kier alpha value is -2.02. The van der Waals surface area contributed by atoms with Gasteiger partial charge in [0.2, 0.25) is 11.7 Å². The molecular formula is C17H21N5OS. The molecule has 2 heterocycles. The number of hydrogen-bond donors (Lipinski definition) is 2. The van der Waals surface area contributed by atoms with Crippen LogP contribution < -0.4 is 5.32 Å². The number of para-hydroxylation sites is 2. The van der Waals surface area contributed by atoms with Gasteiger partial charge in [-0.3, -0.25) is 9.20 Å². The van der Waals surface area contributed by atoms with Crippen molar-refractivity contribution in [2.75, 3.05) is 5.75 Å². The number of nitrogens with one attached hydrogen (secondary N) is 2. The lowest BCUT2D eigenvalue weighted by molar-refractivity contribution is -0.119. The molecule has 24 heavy (non-hydrogen) atoms. The van der Waals surface area contributed by atoms with E-state index in [0.717, 1.165) is 22.6 Å². The van der Waals surface area contributed by atoms with Gasteiger partial charge in [0.25, 0.3) is 0 Å². The first-order valence-electron chi connectivity index (χ1n) is 8.46. The summed E-state index contributed by atoms with van der Waals surface area (Å²) in [7, 11) is 0. The molecule has 126 valence electrons. The molecule has 0 saturated heterocycles. The highest BCUT2D eigenvalue weighted by molar-refractivity contribution is 7.99. The molecule has 0 bridgehead atoms. The molecule has 7 heteroatoms. The molecule has 1 aliphatic carbocycles. The third-order valence-corrected chi connectivity index (χ3v) is 5.73. The smallest absolute Gasteiger partial charge is 0.231 e. The van der Waals surface area contributed by atoms with E-state index < -0.39 is 0 Å². The fourth-order valence-corrected chi connectivity index (χ4v) is 4.22. The van der Waals surface area contributed by atoms with Gasteiger partial charge in [-0.15, -0.1) is 5.10 Å². The summed E-state index contributed by atoms with van der Waals surface area (Å²) in [6, 6.07) is 8.25. The van der Waals surface area contributed by atoms with E-state index in [4.69, 9.17) is 0 Å². The Morgan fingerprint density at radius 3 is 3.08 bits per heavy atom. The summed E-state index contributed by atoms with van der Waals surface area (Å²) < 4.78 is 1.97. The van der Waals surface area contributed by atoms with Crippen molar-refractivity contribution in [2.24, 2.45) is 5.92 Å². The molecule has 2 unspecified atom stereocenters. The third-order valence-electron chi connectivity index (χ3n) is 4.79. The SMILES string of the molecule is CC1CCCCC1NC(=O)CSc1n[nH]c2nc3ccccc3n12. The highest BCUT2D eigenvalue weighted by Crippen LogP contribution is 2.25. The molecule has 1 amide bonds. The van der Waals surface area contributed by atoms with Crippen LogP contribution in [0.25, 0.3) is 16.8 Å². The summed E-state index contributed by atoms with van der Waals surface area (Å²) in [6.07, 6.45) is 4.79. The Balaban J connectivity index is 1.45. The van der Waals surface area contributed by atoms with E-state index in [1.54, 1.807) is 0 Å². The van der Waals surface area contributed by atoms with Crippen molar-refractivity contribution in [1.29, 1.82) is 0 Å². The van der Waals surface area contributed by atoms with Gasteiger partial charge in [0.1, 0.15) is 0 Å². The van der Waals surface area contributed by atoms with Crippen molar-refractivity contribution in [2.45, 2.75) is 43.8 Å². The monoisotopic (exact) mass is 343 g/mol. The second kappa shape index (κ2) is 6.47. The molecule has 2 aromatic heterocycles. The highest BCUT2D eigenvalue weighted by Gasteiger charge is 2.23. The molecule has 1 aliphatic rings. The molecule has 0 radical (unpaired) electrons. The van der Waals surface area contributed by atoms with Gasteiger partial charge in [-0.1, -0.05) is 43.7 Å².